The number of aromatic amines is 1. The molecule has 4 rings (SSSR count). The molecule has 0 bridgehead atoms. The highest BCUT2D eigenvalue weighted by atomic mass is 19.1. The number of hydrogen-bond donors (Lipinski definition) is 2. The molecule has 2 aromatic heterocycles. The first-order valence-corrected chi connectivity index (χ1v) is 8.69. The number of amides is 1. The largest absolute Gasteiger partial charge is 0.370 e. The van der Waals surface area contributed by atoms with Gasteiger partial charge in [-0.1, -0.05) is 12.1 Å². The number of carbonyl (C=O) groups is 1. The van der Waals surface area contributed by atoms with Crippen LogP contribution in [0.2, 0.25) is 0 Å². The predicted octanol–water partition coefficient (Wildman–Crippen LogP) is 2.89. The molecule has 26 heavy (non-hydrogen) atoms. The number of rotatable bonds is 3. The van der Waals surface area contributed by atoms with E-state index in [1.165, 1.54) is 6.07 Å². The fourth-order valence-corrected chi connectivity index (χ4v) is 3.70. The number of benzene rings is 1. The molecule has 3 N–H and O–H groups in total. The Balaban J connectivity index is 1.69. The summed E-state index contributed by atoms with van der Waals surface area (Å²) in [6.45, 7) is 3.53. The van der Waals surface area contributed by atoms with Crippen molar-refractivity contribution in [2.24, 2.45) is 5.73 Å². The molecule has 1 saturated heterocycles. The van der Waals surface area contributed by atoms with Crippen LogP contribution in [-0.4, -0.2) is 34.2 Å². The van der Waals surface area contributed by atoms with Gasteiger partial charge in [0.25, 0.3) is 5.91 Å². The molecule has 134 valence electrons. The van der Waals surface area contributed by atoms with E-state index in [0.29, 0.717) is 5.52 Å². The summed E-state index contributed by atoms with van der Waals surface area (Å²) < 4.78 is 14.2. The summed E-state index contributed by atoms with van der Waals surface area (Å²) in [6, 6.07) is 8.80. The molecule has 0 radical (unpaired) electrons. The lowest BCUT2D eigenvalue weighted by Crippen LogP contribution is -2.34. The van der Waals surface area contributed by atoms with Crippen LogP contribution in [0.1, 0.15) is 40.6 Å². The molecule has 1 atom stereocenters. The zero-order chi connectivity index (χ0) is 18.3. The highest BCUT2D eigenvalue weighted by Gasteiger charge is 2.25. The molecule has 7 heteroatoms. The third-order valence-electron chi connectivity index (χ3n) is 4.95. The first-order valence-electron chi connectivity index (χ1n) is 8.69. The Morgan fingerprint density at radius 1 is 1.38 bits per heavy atom. The maximum absolute atomic E-state index is 14.2. The topological polar surface area (TPSA) is 87.9 Å². The molecule has 6 nitrogen and oxygen atoms in total. The molecule has 0 spiro atoms. The minimum atomic E-state index is -0.536. The van der Waals surface area contributed by atoms with E-state index in [9.17, 15) is 9.18 Å². The van der Waals surface area contributed by atoms with Gasteiger partial charge in [-0.05, 0) is 38.0 Å². The second kappa shape index (κ2) is 6.40. The van der Waals surface area contributed by atoms with Gasteiger partial charge in [-0.2, -0.15) is 5.10 Å². The maximum atomic E-state index is 14.2. The zero-order valence-corrected chi connectivity index (χ0v) is 14.5. The summed E-state index contributed by atoms with van der Waals surface area (Å²) in [5, 5.41) is 7.74. The number of aromatic nitrogens is 3. The second-order valence-electron chi connectivity index (χ2n) is 6.78. The van der Waals surface area contributed by atoms with Gasteiger partial charge in [-0.15, -0.1) is 0 Å². The lowest BCUT2D eigenvalue weighted by Gasteiger charge is -2.34. The van der Waals surface area contributed by atoms with Crippen LogP contribution in [0.4, 0.5) is 10.1 Å². The predicted molar refractivity (Wildman–Crippen MR) is 97.7 cm³/mol. The summed E-state index contributed by atoms with van der Waals surface area (Å²) >= 11 is 0. The minimum absolute atomic E-state index is 0.210. The maximum Gasteiger partial charge on any atom is 0.269 e. The Hall–Kier alpha value is -2.96. The molecule has 0 saturated carbocycles. The molecule has 1 aliphatic rings. The van der Waals surface area contributed by atoms with Crippen molar-refractivity contribution in [1.82, 2.24) is 15.2 Å². The van der Waals surface area contributed by atoms with Crippen molar-refractivity contribution in [1.29, 1.82) is 0 Å². The van der Waals surface area contributed by atoms with Crippen LogP contribution < -0.4 is 10.6 Å². The van der Waals surface area contributed by atoms with E-state index < -0.39 is 5.91 Å². The summed E-state index contributed by atoms with van der Waals surface area (Å²) in [4.78, 5) is 17.9. The SMILES string of the molecule is Cc1cc(N2CCCC(c3cc(C(N)=O)n[nH]3)C2)c2cccc(F)c2n1. The number of pyridine rings is 1. The number of anilines is 1. The first-order chi connectivity index (χ1) is 12.5. The van der Waals surface area contributed by atoms with Crippen LogP contribution >= 0.6 is 0 Å². The van der Waals surface area contributed by atoms with Gasteiger partial charge in [0.2, 0.25) is 0 Å². The van der Waals surface area contributed by atoms with Gasteiger partial charge in [-0.3, -0.25) is 9.89 Å². The molecule has 1 aromatic carbocycles. The Bertz CT molecular complexity index is 983. The van der Waals surface area contributed by atoms with Crippen LogP contribution in [0.5, 0.6) is 0 Å². The number of carbonyl (C=O) groups excluding carboxylic acids is 1. The quantitative estimate of drug-likeness (QED) is 0.758. The van der Waals surface area contributed by atoms with Gasteiger partial charge < -0.3 is 10.6 Å². The highest BCUT2D eigenvalue weighted by Crippen LogP contribution is 2.34. The molecule has 0 aliphatic carbocycles. The van der Waals surface area contributed by atoms with Crippen molar-refractivity contribution in [2.75, 3.05) is 18.0 Å². The van der Waals surface area contributed by atoms with Crippen molar-refractivity contribution >= 4 is 22.5 Å². The number of primary amides is 1. The molecule has 1 unspecified atom stereocenters. The number of nitrogens with zero attached hydrogens (tertiary/aromatic N) is 3. The molecular formula is C19H20FN5O. The van der Waals surface area contributed by atoms with Gasteiger partial charge in [0.15, 0.2) is 0 Å². The second-order valence-corrected chi connectivity index (χ2v) is 6.78. The summed E-state index contributed by atoms with van der Waals surface area (Å²) in [5.41, 5.74) is 8.64. The van der Waals surface area contributed by atoms with Crippen molar-refractivity contribution in [3.8, 4) is 0 Å². The Morgan fingerprint density at radius 3 is 3.00 bits per heavy atom. The summed E-state index contributed by atoms with van der Waals surface area (Å²) in [6.07, 6.45) is 1.99. The third kappa shape index (κ3) is 2.89. The smallest absolute Gasteiger partial charge is 0.269 e. The van der Waals surface area contributed by atoms with Crippen LogP contribution in [0.15, 0.2) is 30.3 Å². The molecule has 3 aromatic rings. The highest BCUT2D eigenvalue weighted by molar-refractivity contribution is 5.92. The van der Waals surface area contributed by atoms with Gasteiger partial charge in [-0.25, -0.2) is 9.37 Å². The monoisotopic (exact) mass is 353 g/mol. The van der Waals surface area contributed by atoms with Crippen LogP contribution in [0.25, 0.3) is 10.9 Å². The van der Waals surface area contributed by atoms with Crippen LogP contribution in [0.3, 0.4) is 0 Å². The number of nitrogens with one attached hydrogen (secondary N) is 1. The van der Waals surface area contributed by atoms with Crippen molar-refractivity contribution in [2.45, 2.75) is 25.7 Å². The Labute approximate surface area is 150 Å². The van der Waals surface area contributed by atoms with E-state index in [2.05, 4.69) is 20.1 Å². The Kier molecular flexibility index (Phi) is 4.06. The molecule has 1 aliphatic heterocycles. The molecule has 1 fully saturated rings. The number of aryl methyl sites for hydroxylation is 1. The number of hydrogen-bond acceptors (Lipinski definition) is 4. The number of nitrogens with two attached hydrogens (primary N) is 1. The fourth-order valence-electron chi connectivity index (χ4n) is 3.70. The van der Waals surface area contributed by atoms with E-state index in [4.69, 9.17) is 5.73 Å². The number of para-hydroxylation sites is 1. The molecule has 3 heterocycles. The van der Waals surface area contributed by atoms with E-state index in [1.54, 1.807) is 12.1 Å². The van der Waals surface area contributed by atoms with Crippen molar-refractivity contribution in [3.05, 3.63) is 53.2 Å². The van der Waals surface area contributed by atoms with Gasteiger partial charge >= 0.3 is 0 Å². The van der Waals surface area contributed by atoms with Gasteiger partial charge in [0, 0.05) is 41.5 Å². The number of H-pyrrole nitrogens is 1. The fraction of sp³-hybridized carbons (Fsp3) is 0.316. The van der Waals surface area contributed by atoms with Crippen molar-refractivity contribution in [3.63, 3.8) is 0 Å². The van der Waals surface area contributed by atoms with E-state index >= 15 is 0 Å². The Morgan fingerprint density at radius 2 is 2.23 bits per heavy atom. The normalized spacial score (nSPS) is 17.6. The van der Waals surface area contributed by atoms with Crippen molar-refractivity contribution < 1.29 is 9.18 Å². The van der Waals surface area contributed by atoms with Crippen LogP contribution in [-0.2, 0) is 0 Å². The lowest BCUT2D eigenvalue weighted by atomic mass is 9.93. The average Bonchev–Trinajstić information content (AvgIpc) is 3.13. The average molecular weight is 353 g/mol. The van der Waals surface area contributed by atoms with Gasteiger partial charge in [0.1, 0.15) is 17.0 Å². The van der Waals surface area contributed by atoms with Crippen LogP contribution in [0, 0.1) is 12.7 Å². The minimum Gasteiger partial charge on any atom is -0.370 e. The third-order valence-corrected chi connectivity index (χ3v) is 4.95. The first kappa shape index (κ1) is 16.5. The lowest BCUT2D eigenvalue weighted by molar-refractivity contribution is 0.0995. The number of piperidine rings is 1. The molecule has 1 amide bonds. The van der Waals surface area contributed by atoms with E-state index in [-0.39, 0.29) is 17.4 Å². The number of halogens is 1. The summed E-state index contributed by atoms with van der Waals surface area (Å²) in [7, 11) is 0. The van der Waals surface area contributed by atoms with Gasteiger partial charge in [0.05, 0.1) is 0 Å². The zero-order valence-electron chi connectivity index (χ0n) is 14.5. The number of fused-ring (bicyclic) bond motifs is 1. The van der Waals surface area contributed by atoms with E-state index in [1.807, 2.05) is 19.1 Å². The molecular weight excluding hydrogens is 333 g/mol. The van der Waals surface area contributed by atoms with E-state index in [0.717, 1.165) is 48.4 Å². The standard InChI is InChI=1S/C19H20FN5O/c1-11-8-17(13-5-2-6-14(20)18(13)22-11)25-7-3-4-12(10-25)15-9-16(19(21)26)24-23-15/h2,5-6,8-9,12H,3-4,7,10H2,1H3,(H2,21,26)(H,23,24). The summed E-state index contributed by atoms with van der Waals surface area (Å²) in [5.74, 6) is -0.631.